The molecule has 3 rings (SSSR count). The maximum absolute atomic E-state index is 5.98. The molecule has 1 N–H and O–H groups in total. The van der Waals surface area contributed by atoms with Crippen LogP contribution in [0.25, 0.3) is 0 Å². The number of hydrogen-bond acceptors (Lipinski definition) is 2. The van der Waals surface area contributed by atoms with Crippen LogP contribution in [0, 0.1) is 5.92 Å². The predicted molar refractivity (Wildman–Crippen MR) is 85.3 cm³/mol. The molecule has 0 unspecified atom stereocenters. The van der Waals surface area contributed by atoms with E-state index in [1.54, 1.807) is 0 Å². The molecule has 0 aromatic heterocycles. The van der Waals surface area contributed by atoms with Crippen LogP contribution in [0.2, 0.25) is 5.02 Å². The summed E-state index contributed by atoms with van der Waals surface area (Å²) in [6, 6.07) is 9.92. The van der Waals surface area contributed by atoms with E-state index in [2.05, 4.69) is 29.3 Å². The van der Waals surface area contributed by atoms with Gasteiger partial charge in [0, 0.05) is 23.7 Å². The second kappa shape index (κ2) is 6.46. The predicted octanol–water partition coefficient (Wildman–Crippen LogP) is 3.34. The fourth-order valence-electron chi connectivity index (χ4n) is 3.86. The van der Waals surface area contributed by atoms with Crippen molar-refractivity contribution in [1.29, 1.82) is 0 Å². The van der Waals surface area contributed by atoms with Crippen molar-refractivity contribution in [2.45, 2.75) is 44.7 Å². The SMILES string of the molecule is C[C@H]1C[C@H](Cc2ccc(Cl)cc2)N(C2CCNCC2)C1. The Hall–Kier alpha value is -0.570. The van der Waals surface area contributed by atoms with Gasteiger partial charge in [-0.15, -0.1) is 0 Å². The van der Waals surface area contributed by atoms with Crippen LogP contribution in [-0.2, 0) is 6.42 Å². The van der Waals surface area contributed by atoms with E-state index in [-0.39, 0.29) is 0 Å². The Kier molecular flexibility index (Phi) is 4.65. The molecule has 2 atom stereocenters. The molecule has 0 saturated carbocycles. The Morgan fingerprint density at radius 3 is 2.60 bits per heavy atom. The molecule has 2 nitrogen and oxygen atoms in total. The molecule has 3 heteroatoms. The first-order chi connectivity index (χ1) is 9.72. The van der Waals surface area contributed by atoms with Gasteiger partial charge in [0.1, 0.15) is 0 Å². The first kappa shape index (κ1) is 14.4. The van der Waals surface area contributed by atoms with Crippen molar-refractivity contribution in [2.75, 3.05) is 19.6 Å². The molecule has 110 valence electrons. The summed E-state index contributed by atoms with van der Waals surface area (Å²) in [6.45, 7) is 6.05. The van der Waals surface area contributed by atoms with Gasteiger partial charge in [-0.2, -0.15) is 0 Å². The fourth-order valence-corrected chi connectivity index (χ4v) is 3.99. The molecule has 1 aromatic carbocycles. The standard InChI is InChI=1S/C17H25ClN2/c1-13-10-17(11-14-2-4-15(18)5-3-14)20(12-13)16-6-8-19-9-7-16/h2-5,13,16-17,19H,6-12H2,1H3/t13-,17+/m0/s1. The summed E-state index contributed by atoms with van der Waals surface area (Å²) in [5.74, 6) is 0.835. The highest BCUT2D eigenvalue weighted by Gasteiger charge is 2.34. The molecule has 0 spiro atoms. The smallest absolute Gasteiger partial charge is 0.0406 e. The Labute approximate surface area is 127 Å². The average molecular weight is 293 g/mol. The zero-order valence-corrected chi connectivity index (χ0v) is 13.1. The average Bonchev–Trinajstić information content (AvgIpc) is 2.83. The molecule has 2 fully saturated rings. The Morgan fingerprint density at radius 2 is 1.90 bits per heavy atom. The second-order valence-electron chi connectivity index (χ2n) is 6.50. The first-order valence-electron chi connectivity index (χ1n) is 7.93. The van der Waals surface area contributed by atoms with Crippen LogP contribution < -0.4 is 5.32 Å². The third kappa shape index (κ3) is 3.36. The lowest BCUT2D eigenvalue weighted by molar-refractivity contribution is 0.145. The van der Waals surface area contributed by atoms with Crippen molar-refractivity contribution in [3.8, 4) is 0 Å². The van der Waals surface area contributed by atoms with Gasteiger partial charge in [-0.1, -0.05) is 30.7 Å². The van der Waals surface area contributed by atoms with Crippen LogP contribution in [0.1, 0.15) is 31.7 Å². The molecule has 20 heavy (non-hydrogen) atoms. The van der Waals surface area contributed by atoms with Gasteiger partial charge < -0.3 is 5.32 Å². The molecule has 0 radical (unpaired) electrons. The van der Waals surface area contributed by atoms with Crippen molar-refractivity contribution in [3.63, 3.8) is 0 Å². The van der Waals surface area contributed by atoms with Gasteiger partial charge in [-0.3, -0.25) is 4.90 Å². The third-order valence-corrected chi connectivity index (χ3v) is 5.08. The number of nitrogens with one attached hydrogen (secondary N) is 1. The van der Waals surface area contributed by atoms with E-state index in [0.717, 1.165) is 17.0 Å². The van der Waals surface area contributed by atoms with Crippen molar-refractivity contribution in [2.24, 2.45) is 5.92 Å². The quantitative estimate of drug-likeness (QED) is 0.919. The summed E-state index contributed by atoms with van der Waals surface area (Å²) in [5.41, 5.74) is 1.42. The van der Waals surface area contributed by atoms with Gasteiger partial charge in [-0.25, -0.2) is 0 Å². The minimum Gasteiger partial charge on any atom is -0.317 e. The monoisotopic (exact) mass is 292 g/mol. The lowest BCUT2D eigenvalue weighted by atomic mass is 9.98. The van der Waals surface area contributed by atoms with E-state index in [0.29, 0.717) is 6.04 Å². The lowest BCUT2D eigenvalue weighted by Crippen LogP contribution is -2.46. The summed E-state index contributed by atoms with van der Waals surface area (Å²) in [7, 11) is 0. The number of hydrogen-bond donors (Lipinski definition) is 1. The molecule has 0 amide bonds. The Morgan fingerprint density at radius 1 is 1.20 bits per heavy atom. The highest BCUT2D eigenvalue weighted by atomic mass is 35.5. The zero-order chi connectivity index (χ0) is 13.9. The van der Waals surface area contributed by atoms with Gasteiger partial charge in [0.15, 0.2) is 0 Å². The van der Waals surface area contributed by atoms with Crippen LogP contribution in [0.15, 0.2) is 24.3 Å². The third-order valence-electron chi connectivity index (χ3n) is 4.83. The van der Waals surface area contributed by atoms with Crippen LogP contribution in [-0.4, -0.2) is 36.6 Å². The summed E-state index contributed by atoms with van der Waals surface area (Å²) >= 11 is 5.98. The largest absolute Gasteiger partial charge is 0.317 e. The maximum atomic E-state index is 5.98. The minimum absolute atomic E-state index is 0.717. The van der Waals surface area contributed by atoms with Crippen molar-refractivity contribution >= 4 is 11.6 Å². The second-order valence-corrected chi connectivity index (χ2v) is 6.94. The molecule has 1 aromatic rings. The molecule has 0 aliphatic carbocycles. The van der Waals surface area contributed by atoms with Crippen molar-refractivity contribution in [3.05, 3.63) is 34.9 Å². The van der Waals surface area contributed by atoms with Gasteiger partial charge in [0.2, 0.25) is 0 Å². The molecular weight excluding hydrogens is 268 g/mol. The molecule has 2 aliphatic rings. The van der Waals surface area contributed by atoms with Crippen molar-refractivity contribution < 1.29 is 0 Å². The van der Waals surface area contributed by atoms with E-state index >= 15 is 0 Å². The minimum atomic E-state index is 0.717. The molecule has 0 bridgehead atoms. The lowest BCUT2D eigenvalue weighted by Gasteiger charge is -2.36. The first-order valence-corrected chi connectivity index (χ1v) is 8.31. The van der Waals surface area contributed by atoms with E-state index in [4.69, 9.17) is 11.6 Å². The number of benzene rings is 1. The molecule has 2 saturated heterocycles. The van der Waals surface area contributed by atoms with Crippen molar-refractivity contribution in [1.82, 2.24) is 10.2 Å². The summed E-state index contributed by atoms with van der Waals surface area (Å²) in [6.07, 6.45) is 5.13. The highest BCUT2D eigenvalue weighted by Crippen LogP contribution is 2.30. The number of halogens is 1. The summed E-state index contributed by atoms with van der Waals surface area (Å²) in [4.78, 5) is 2.79. The Bertz CT molecular complexity index is 425. The number of piperidine rings is 1. The van der Waals surface area contributed by atoms with E-state index < -0.39 is 0 Å². The van der Waals surface area contributed by atoms with Crippen LogP contribution in [0.3, 0.4) is 0 Å². The highest BCUT2D eigenvalue weighted by molar-refractivity contribution is 6.30. The maximum Gasteiger partial charge on any atom is 0.0406 e. The van der Waals surface area contributed by atoms with Gasteiger partial charge in [0.05, 0.1) is 0 Å². The van der Waals surface area contributed by atoms with Gasteiger partial charge in [-0.05, 0) is 62.4 Å². The molecular formula is C17H25ClN2. The van der Waals surface area contributed by atoms with Gasteiger partial charge in [0.25, 0.3) is 0 Å². The van der Waals surface area contributed by atoms with E-state index in [1.165, 1.54) is 50.9 Å². The van der Waals surface area contributed by atoms with Crippen LogP contribution in [0.5, 0.6) is 0 Å². The molecule has 2 aliphatic heterocycles. The van der Waals surface area contributed by atoms with E-state index in [9.17, 15) is 0 Å². The van der Waals surface area contributed by atoms with E-state index in [1.807, 2.05) is 12.1 Å². The summed E-state index contributed by atoms with van der Waals surface area (Å²) in [5, 5.41) is 4.32. The summed E-state index contributed by atoms with van der Waals surface area (Å²) < 4.78 is 0. The Balaban J connectivity index is 1.67. The van der Waals surface area contributed by atoms with Crippen LogP contribution >= 0.6 is 11.6 Å². The topological polar surface area (TPSA) is 15.3 Å². The molecule has 2 heterocycles. The fraction of sp³-hybridized carbons (Fsp3) is 0.647. The zero-order valence-electron chi connectivity index (χ0n) is 12.3. The van der Waals surface area contributed by atoms with Crippen LogP contribution in [0.4, 0.5) is 0 Å². The van der Waals surface area contributed by atoms with Gasteiger partial charge >= 0.3 is 0 Å². The number of likely N-dealkylation sites (tertiary alicyclic amines) is 1. The number of rotatable bonds is 3. The normalized spacial score (nSPS) is 28.9. The number of nitrogens with zero attached hydrogens (tertiary/aromatic N) is 1.